The van der Waals surface area contributed by atoms with Crippen molar-refractivity contribution in [2.75, 3.05) is 32.1 Å². The highest BCUT2D eigenvalue weighted by Gasteiger charge is 2.41. The molecule has 0 spiro atoms. The number of nitrogens with zero attached hydrogens (tertiary/aromatic N) is 2. The number of pyridine rings is 1. The summed E-state index contributed by atoms with van der Waals surface area (Å²) >= 11 is 0. The number of nitrogens with one attached hydrogen (secondary N) is 2. The number of benzene rings is 1. The van der Waals surface area contributed by atoms with Crippen LogP contribution >= 0.6 is 0 Å². The highest BCUT2D eigenvalue weighted by Crippen LogP contribution is 2.27. The normalized spacial score (nSPS) is 18.5. The lowest BCUT2D eigenvalue weighted by Crippen LogP contribution is -2.53. The maximum atomic E-state index is 14.0. The lowest BCUT2D eigenvalue weighted by atomic mass is 9.94. The summed E-state index contributed by atoms with van der Waals surface area (Å²) in [5.41, 5.74) is 0.849. The van der Waals surface area contributed by atoms with E-state index in [4.69, 9.17) is 4.74 Å². The summed E-state index contributed by atoms with van der Waals surface area (Å²) in [6, 6.07) is 9.78. The van der Waals surface area contributed by atoms with Gasteiger partial charge in [0, 0.05) is 38.7 Å². The maximum absolute atomic E-state index is 14.0. The molecule has 7 nitrogen and oxygen atoms in total. The van der Waals surface area contributed by atoms with Crippen molar-refractivity contribution in [1.82, 2.24) is 15.2 Å². The lowest BCUT2D eigenvalue weighted by Gasteiger charge is -2.30. The first-order valence-corrected chi connectivity index (χ1v) is 9.47. The molecular weight excluding hydrogens is 375 g/mol. The molecule has 1 atom stereocenters. The van der Waals surface area contributed by atoms with Gasteiger partial charge in [-0.3, -0.25) is 4.79 Å². The monoisotopic (exact) mass is 400 g/mol. The van der Waals surface area contributed by atoms with Crippen molar-refractivity contribution in [3.8, 4) is 0 Å². The van der Waals surface area contributed by atoms with E-state index in [0.717, 1.165) is 5.56 Å². The number of amides is 3. The highest BCUT2D eigenvalue weighted by atomic mass is 19.1. The molecule has 0 saturated carbocycles. The molecule has 29 heavy (non-hydrogen) atoms. The Balaban J connectivity index is 1.71. The van der Waals surface area contributed by atoms with Crippen molar-refractivity contribution in [2.45, 2.75) is 25.3 Å². The van der Waals surface area contributed by atoms with Crippen molar-refractivity contribution in [1.29, 1.82) is 0 Å². The molecule has 2 heterocycles. The quantitative estimate of drug-likeness (QED) is 0.781. The predicted octanol–water partition coefficient (Wildman–Crippen LogP) is 2.97. The van der Waals surface area contributed by atoms with Crippen molar-refractivity contribution in [3.05, 3.63) is 59.7 Å². The van der Waals surface area contributed by atoms with Crippen LogP contribution in [0.4, 0.5) is 14.9 Å². The minimum absolute atomic E-state index is 0.209. The van der Waals surface area contributed by atoms with Gasteiger partial charge in [-0.15, -0.1) is 0 Å². The summed E-state index contributed by atoms with van der Waals surface area (Å²) in [5.74, 6) is -1.14. The molecule has 2 aromatic rings. The fourth-order valence-corrected chi connectivity index (χ4v) is 3.53. The van der Waals surface area contributed by atoms with Gasteiger partial charge in [0.05, 0.1) is 5.54 Å². The molecule has 154 valence electrons. The molecule has 3 amide bonds. The summed E-state index contributed by atoms with van der Waals surface area (Å²) in [5, 5.41) is 5.84. The smallest absolute Gasteiger partial charge is 0.319 e. The van der Waals surface area contributed by atoms with E-state index >= 15 is 0 Å². The van der Waals surface area contributed by atoms with E-state index in [1.807, 2.05) is 31.2 Å². The van der Waals surface area contributed by atoms with Crippen LogP contribution in [0.25, 0.3) is 0 Å². The molecule has 0 radical (unpaired) electrons. The number of hydrogen-bond acceptors (Lipinski definition) is 4. The van der Waals surface area contributed by atoms with Gasteiger partial charge in [-0.2, -0.15) is 0 Å². The van der Waals surface area contributed by atoms with E-state index in [-0.39, 0.29) is 18.3 Å². The summed E-state index contributed by atoms with van der Waals surface area (Å²) < 4.78 is 19.2. The fourth-order valence-electron chi connectivity index (χ4n) is 3.53. The van der Waals surface area contributed by atoms with Gasteiger partial charge in [0.15, 0.2) is 11.5 Å². The molecule has 8 heteroatoms. The summed E-state index contributed by atoms with van der Waals surface area (Å²) in [7, 11) is 1.58. The molecule has 1 aliphatic rings. The van der Waals surface area contributed by atoms with Gasteiger partial charge in [0.2, 0.25) is 0 Å². The van der Waals surface area contributed by atoms with Gasteiger partial charge >= 0.3 is 6.03 Å². The van der Waals surface area contributed by atoms with Crippen LogP contribution in [0.1, 0.15) is 28.9 Å². The number of aromatic nitrogens is 1. The van der Waals surface area contributed by atoms with E-state index in [9.17, 15) is 14.0 Å². The Labute approximate surface area is 169 Å². The number of methoxy groups -OCH3 is 1. The van der Waals surface area contributed by atoms with E-state index < -0.39 is 17.3 Å². The molecule has 2 N–H and O–H groups in total. The van der Waals surface area contributed by atoms with Gasteiger partial charge in [0.1, 0.15) is 0 Å². The topological polar surface area (TPSA) is 83.6 Å². The molecule has 1 aromatic heterocycles. The van der Waals surface area contributed by atoms with E-state index in [1.165, 1.54) is 23.2 Å². The Hall–Kier alpha value is -3.00. The van der Waals surface area contributed by atoms with Crippen LogP contribution in [0.2, 0.25) is 0 Å². The predicted molar refractivity (Wildman–Crippen MR) is 107 cm³/mol. The van der Waals surface area contributed by atoms with Gasteiger partial charge in [-0.25, -0.2) is 14.2 Å². The number of carbonyl (C=O) groups excluding carboxylic acids is 2. The fraction of sp³-hybridized carbons (Fsp3) is 0.381. The van der Waals surface area contributed by atoms with Crippen LogP contribution in [-0.4, -0.2) is 54.2 Å². The number of ether oxygens (including phenoxy) is 1. The van der Waals surface area contributed by atoms with Crippen molar-refractivity contribution in [2.24, 2.45) is 0 Å². The third-order valence-electron chi connectivity index (χ3n) is 5.04. The Morgan fingerprint density at radius 1 is 1.31 bits per heavy atom. The number of hydrogen-bond donors (Lipinski definition) is 2. The van der Waals surface area contributed by atoms with Gasteiger partial charge < -0.3 is 20.3 Å². The first kappa shape index (κ1) is 20.7. The van der Waals surface area contributed by atoms with Crippen LogP contribution < -0.4 is 10.6 Å². The average Bonchev–Trinajstić information content (AvgIpc) is 3.10. The lowest BCUT2D eigenvalue weighted by molar-refractivity contribution is 0.0761. The van der Waals surface area contributed by atoms with Crippen LogP contribution in [0.5, 0.6) is 0 Å². The third kappa shape index (κ3) is 5.08. The first-order valence-electron chi connectivity index (χ1n) is 9.47. The summed E-state index contributed by atoms with van der Waals surface area (Å²) in [6.07, 6.45) is 2.45. The molecule has 1 unspecified atom stereocenters. The molecule has 1 aromatic carbocycles. The summed E-state index contributed by atoms with van der Waals surface area (Å²) in [4.78, 5) is 30.7. The molecule has 0 aliphatic carbocycles. The van der Waals surface area contributed by atoms with E-state index in [0.29, 0.717) is 31.7 Å². The van der Waals surface area contributed by atoms with Gasteiger partial charge in [-0.05, 0) is 49.6 Å². The Kier molecular flexibility index (Phi) is 6.43. The second kappa shape index (κ2) is 9.00. The van der Waals surface area contributed by atoms with Crippen LogP contribution in [0, 0.1) is 12.7 Å². The molecule has 1 fully saturated rings. The number of likely N-dealkylation sites (tertiary alicyclic amines) is 1. The van der Waals surface area contributed by atoms with Crippen LogP contribution in [0.3, 0.4) is 0 Å². The zero-order chi connectivity index (χ0) is 20.9. The second-order valence-electron chi connectivity index (χ2n) is 7.28. The molecule has 1 aliphatic heterocycles. The minimum Gasteiger partial charge on any atom is -0.385 e. The highest BCUT2D eigenvalue weighted by molar-refractivity contribution is 5.93. The Bertz CT molecular complexity index is 892. The number of carbonyl (C=O) groups is 2. The van der Waals surface area contributed by atoms with Gasteiger partial charge in [0.25, 0.3) is 5.91 Å². The number of halogens is 1. The van der Waals surface area contributed by atoms with Gasteiger partial charge in [-0.1, -0.05) is 12.1 Å². The first-order chi connectivity index (χ1) is 13.9. The van der Waals surface area contributed by atoms with Crippen molar-refractivity contribution >= 4 is 17.6 Å². The molecule has 1 saturated heterocycles. The second-order valence-corrected chi connectivity index (χ2v) is 7.28. The average molecular weight is 400 g/mol. The number of aryl methyl sites for hydroxylation is 1. The summed E-state index contributed by atoms with van der Waals surface area (Å²) in [6.45, 7) is 3.01. The van der Waals surface area contributed by atoms with E-state index in [2.05, 4.69) is 15.6 Å². The zero-order valence-electron chi connectivity index (χ0n) is 16.6. The molecule has 3 rings (SSSR count). The maximum Gasteiger partial charge on any atom is 0.319 e. The number of urea groups is 1. The Morgan fingerprint density at radius 2 is 2.14 bits per heavy atom. The SMILES string of the molecule is COCCC1(NC(=O)Nc2cccc(C)c2)CCN(C(=O)c2ncccc2F)C1. The zero-order valence-corrected chi connectivity index (χ0v) is 16.6. The van der Waals surface area contributed by atoms with E-state index in [1.54, 1.807) is 7.11 Å². The Morgan fingerprint density at radius 3 is 2.86 bits per heavy atom. The van der Waals surface area contributed by atoms with Crippen LogP contribution in [-0.2, 0) is 4.74 Å². The third-order valence-corrected chi connectivity index (χ3v) is 5.04. The molecular formula is C21H25FN4O3. The van der Waals surface area contributed by atoms with Crippen LogP contribution in [0.15, 0.2) is 42.6 Å². The van der Waals surface area contributed by atoms with Crippen molar-refractivity contribution < 1.29 is 18.7 Å². The largest absolute Gasteiger partial charge is 0.385 e. The molecule has 0 bridgehead atoms. The minimum atomic E-state index is -0.662. The van der Waals surface area contributed by atoms with Crippen molar-refractivity contribution in [3.63, 3.8) is 0 Å². The number of anilines is 1. The standard InChI is InChI=1S/C21H25FN4O3/c1-15-5-3-6-16(13-15)24-20(28)25-21(9-12-29-2)8-11-26(14-21)19(27)18-17(22)7-4-10-23-18/h3-7,10,13H,8-9,11-12,14H2,1-2H3,(H2,24,25,28). The number of rotatable bonds is 6.